The Labute approximate surface area is 130 Å². The Bertz CT molecular complexity index is 837. The van der Waals surface area contributed by atoms with E-state index in [1.165, 1.54) is 0 Å². The lowest BCUT2D eigenvalue weighted by atomic mass is 10.2. The number of aldehydes is 1. The zero-order valence-electron chi connectivity index (χ0n) is 10.6. The van der Waals surface area contributed by atoms with Gasteiger partial charge in [-0.05, 0) is 24.3 Å². The Balaban J connectivity index is 2.08. The molecule has 0 bridgehead atoms. The molecule has 0 fully saturated rings. The van der Waals surface area contributed by atoms with E-state index in [2.05, 4.69) is 9.97 Å². The molecule has 3 aromatic rings. The molecule has 6 heteroatoms. The summed E-state index contributed by atoms with van der Waals surface area (Å²) in [7, 11) is 0. The van der Waals surface area contributed by atoms with Crippen LogP contribution >= 0.6 is 23.2 Å². The molecule has 0 saturated heterocycles. The molecular formula is C15H8Cl2N2O2. The number of benzene rings is 2. The number of halogens is 2. The lowest BCUT2D eigenvalue weighted by Crippen LogP contribution is -1.96. The minimum atomic E-state index is 0.116. The number of para-hydroxylation sites is 2. The van der Waals surface area contributed by atoms with Gasteiger partial charge in [-0.2, -0.15) is 0 Å². The third kappa shape index (κ3) is 2.68. The van der Waals surface area contributed by atoms with Crippen LogP contribution in [0.1, 0.15) is 10.4 Å². The molecule has 0 N–H and O–H groups in total. The predicted octanol–water partition coefficient (Wildman–Crippen LogP) is 4.54. The molecule has 2 aromatic carbocycles. The standard InChI is InChI=1S/C15H8Cl2N2O2/c16-10-4-3-7-13(9(10)8-20)21-15-14(17)18-11-5-1-2-6-12(11)19-15/h1-8H. The van der Waals surface area contributed by atoms with Crippen LogP contribution in [0, 0.1) is 0 Å². The molecule has 0 aliphatic heterocycles. The number of hydrogen-bond acceptors (Lipinski definition) is 4. The van der Waals surface area contributed by atoms with E-state index >= 15 is 0 Å². The van der Waals surface area contributed by atoms with E-state index in [0.29, 0.717) is 22.3 Å². The fourth-order valence-electron chi connectivity index (χ4n) is 1.85. The van der Waals surface area contributed by atoms with Gasteiger partial charge < -0.3 is 4.74 Å². The fourth-order valence-corrected chi connectivity index (χ4v) is 2.23. The Morgan fingerprint density at radius 1 is 0.952 bits per heavy atom. The minimum absolute atomic E-state index is 0.116. The van der Waals surface area contributed by atoms with Crippen LogP contribution in [0.5, 0.6) is 11.6 Å². The topological polar surface area (TPSA) is 52.1 Å². The summed E-state index contributed by atoms with van der Waals surface area (Å²) in [4.78, 5) is 19.6. The number of hydrogen-bond donors (Lipinski definition) is 0. The minimum Gasteiger partial charge on any atom is -0.436 e. The Morgan fingerprint density at radius 3 is 2.38 bits per heavy atom. The molecule has 1 heterocycles. The third-order valence-corrected chi connectivity index (χ3v) is 3.41. The van der Waals surface area contributed by atoms with Gasteiger partial charge in [0.15, 0.2) is 11.4 Å². The van der Waals surface area contributed by atoms with Crippen LogP contribution in [-0.4, -0.2) is 16.3 Å². The summed E-state index contributed by atoms with van der Waals surface area (Å²) in [6, 6.07) is 12.2. The highest BCUT2D eigenvalue weighted by atomic mass is 35.5. The summed E-state index contributed by atoms with van der Waals surface area (Å²) in [5, 5.41) is 0.415. The molecule has 0 radical (unpaired) electrons. The van der Waals surface area contributed by atoms with Crippen molar-refractivity contribution in [2.45, 2.75) is 0 Å². The van der Waals surface area contributed by atoms with Crippen molar-refractivity contribution in [1.29, 1.82) is 0 Å². The molecule has 3 rings (SSSR count). The summed E-state index contributed by atoms with van der Waals surface area (Å²) >= 11 is 12.0. The van der Waals surface area contributed by atoms with Crippen molar-refractivity contribution in [3.8, 4) is 11.6 Å². The number of nitrogens with zero attached hydrogens (tertiary/aromatic N) is 2. The number of carbonyl (C=O) groups excluding carboxylic acids is 1. The smallest absolute Gasteiger partial charge is 0.258 e. The molecule has 1 aromatic heterocycles. The highest BCUT2D eigenvalue weighted by Crippen LogP contribution is 2.32. The summed E-state index contributed by atoms with van der Waals surface area (Å²) in [5.74, 6) is 0.407. The van der Waals surface area contributed by atoms with Crippen molar-refractivity contribution in [2.75, 3.05) is 0 Å². The average molecular weight is 319 g/mol. The lowest BCUT2D eigenvalue weighted by molar-refractivity contribution is 0.112. The van der Waals surface area contributed by atoms with Gasteiger partial charge in [0.1, 0.15) is 5.75 Å². The van der Waals surface area contributed by atoms with E-state index in [1.54, 1.807) is 30.3 Å². The maximum absolute atomic E-state index is 11.1. The molecule has 0 atom stereocenters. The second-order valence-electron chi connectivity index (χ2n) is 4.18. The molecule has 0 amide bonds. The quantitative estimate of drug-likeness (QED) is 0.665. The van der Waals surface area contributed by atoms with Crippen molar-refractivity contribution in [3.63, 3.8) is 0 Å². The first-order valence-corrected chi connectivity index (χ1v) is 6.78. The van der Waals surface area contributed by atoms with Gasteiger partial charge in [-0.25, -0.2) is 9.97 Å². The van der Waals surface area contributed by atoms with E-state index in [-0.39, 0.29) is 22.3 Å². The number of aromatic nitrogens is 2. The van der Waals surface area contributed by atoms with Crippen LogP contribution in [0.25, 0.3) is 11.0 Å². The SMILES string of the molecule is O=Cc1c(Cl)cccc1Oc1nc2ccccc2nc1Cl. The summed E-state index contributed by atoms with van der Waals surface area (Å²) in [5.41, 5.74) is 1.55. The summed E-state index contributed by atoms with van der Waals surface area (Å²) < 4.78 is 5.60. The Hall–Kier alpha value is -2.17. The van der Waals surface area contributed by atoms with E-state index in [4.69, 9.17) is 27.9 Å². The number of ether oxygens (including phenoxy) is 1. The van der Waals surface area contributed by atoms with Gasteiger partial charge in [0, 0.05) is 0 Å². The van der Waals surface area contributed by atoms with Crippen LogP contribution in [0.3, 0.4) is 0 Å². The zero-order valence-corrected chi connectivity index (χ0v) is 12.1. The van der Waals surface area contributed by atoms with Gasteiger partial charge in [0.05, 0.1) is 21.6 Å². The highest BCUT2D eigenvalue weighted by Gasteiger charge is 2.13. The first-order valence-electron chi connectivity index (χ1n) is 6.03. The summed E-state index contributed by atoms with van der Waals surface area (Å²) in [6.45, 7) is 0. The predicted molar refractivity (Wildman–Crippen MR) is 81.5 cm³/mol. The van der Waals surface area contributed by atoms with Gasteiger partial charge in [-0.3, -0.25) is 4.79 Å². The van der Waals surface area contributed by atoms with E-state index in [0.717, 1.165) is 0 Å². The largest absolute Gasteiger partial charge is 0.436 e. The van der Waals surface area contributed by atoms with Crippen molar-refractivity contribution in [1.82, 2.24) is 9.97 Å². The molecule has 0 aliphatic rings. The molecular weight excluding hydrogens is 311 g/mol. The van der Waals surface area contributed by atoms with Crippen molar-refractivity contribution < 1.29 is 9.53 Å². The third-order valence-electron chi connectivity index (χ3n) is 2.84. The number of rotatable bonds is 3. The molecule has 104 valence electrons. The molecule has 4 nitrogen and oxygen atoms in total. The van der Waals surface area contributed by atoms with Gasteiger partial charge in [-0.15, -0.1) is 0 Å². The second kappa shape index (κ2) is 5.68. The first-order chi connectivity index (χ1) is 10.2. The molecule has 0 aliphatic carbocycles. The van der Waals surface area contributed by atoms with Crippen LogP contribution in [0.4, 0.5) is 0 Å². The molecule has 0 spiro atoms. The van der Waals surface area contributed by atoms with Gasteiger partial charge in [0.25, 0.3) is 5.88 Å². The second-order valence-corrected chi connectivity index (χ2v) is 4.95. The normalized spacial score (nSPS) is 10.6. The van der Waals surface area contributed by atoms with Gasteiger partial charge in [0.2, 0.25) is 0 Å². The number of fused-ring (bicyclic) bond motifs is 1. The summed E-state index contributed by atoms with van der Waals surface area (Å²) in [6.07, 6.45) is 0.625. The van der Waals surface area contributed by atoms with Gasteiger partial charge in [-0.1, -0.05) is 41.4 Å². The Kier molecular flexibility index (Phi) is 3.73. The maximum Gasteiger partial charge on any atom is 0.258 e. The highest BCUT2D eigenvalue weighted by molar-refractivity contribution is 6.33. The fraction of sp³-hybridized carbons (Fsp3) is 0. The van der Waals surface area contributed by atoms with Gasteiger partial charge >= 0.3 is 0 Å². The van der Waals surface area contributed by atoms with E-state index < -0.39 is 0 Å². The zero-order chi connectivity index (χ0) is 14.8. The van der Waals surface area contributed by atoms with Crippen LogP contribution < -0.4 is 4.74 Å². The lowest BCUT2D eigenvalue weighted by Gasteiger charge is -2.09. The van der Waals surface area contributed by atoms with E-state index in [1.807, 2.05) is 12.1 Å². The average Bonchev–Trinajstić information content (AvgIpc) is 2.48. The molecule has 0 unspecified atom stereocenters. The Morgan fingerprint density at radius 2 is 1.67 bits per heavy atom. The van der Waals surface area contributed by atoms with Crippen molar-refractivity contribution in [3.05, 3.63) is 58.2 Å². The van der Waals surface area contributed by atoms with Crippen molar-refractivity contribution in [2.24, 2.45) is 0 Å². The van der Waals surface area contributed by atoms with Crippen LogP contribution in [0.15, 0.2) is 42.5 Å². The first kappa shape index (κ1) is 13.8. The van der Waals surface area contributed by atoms with Crippen LogP contribution in [-0.2, 0) is 0 Å². The van der Waals surface area contributed by atoms with Crippen molar-refractivity contribution >= 4 is 40.5 Å². The molecule has 21 heavy (non-hydrogen) atoms. The maximum atomic E-state index is 11.1. The molecule has 0 saturated carbocycles. The number of carbonyl (C=O) groups is 1. The van der Waals surface area contributed by atoms with Crippen LogP contribution in [0.2, 0.25) is 10.2 Å². The monoisotopic (exact) mass is 318 g/mol. The van der Waals surface area contributed by atoms with E-state index in [9.17, 15) is 4.79 Å².